The average molecular weight is 446 g/mol. The van der Waals surface area contributed by atoms with Crippen LogP contribution in [0.5, 0.6) is 0 Å². The molecule has 0 spiro atoms. The Morgan fingerprint density at radius 1 is 1.20 bits per heavy atom. The van der Waals surface area contributed by atoms with E-state index in [1.165, 1.54) is 0 Å². The molecule has 1 unspecified atom stereocenters. The lowest BCUT2D eigenvalue weighted by Crippen LogP contribution is -2.41. The smallest absolute Gasteiger partial charge is 0.243 e. The van der Waals surface area contributed by atoms with Crippen LogP contribution in [-0.4, -0.2) is 36.0 Å². The number of sulfonamides is 1. The third kappa shape index (κ3) is 3.96. The SMILES string of the molecule is Cc1cc(C)c(C)c(S(=O)(=O)N2CCCC(Cc3nc(-c4ccsc4)no3)C2)c1C. The zero-order chi connectivity index (χ0) is 21.5. The van der Waals surface area contributed by atoms with Gasteiger partial charge in [-0.05, 0) is 80.2 Å². The quantitative estimate of drug-likeness (QED) is 0.570. The van der Waals surface area contributed by atoms with Gasteiger partial charge in [-0.2, -0.15) is 20.6 Å². The second-order valence-corrected chi connectivity index (χ2v) is 10.8. The molecule has 0 bridgehead atoms. The van der Waals surface area contributed by atoms with Crippen molar-refractivity contribution in [1.29, 1.82) is 0 Å². The van der Waals surface area contributed by atoms with Crippen LogP contribution in [-0.2, 0) is 16.4 Å². The number of benzene rings is 1. The van der Waals surface area contributed by atoms with Crippen LogP contribution < -0.4 is 0 Å². The van der Waals surface area contributed by atoms with Crippen molar-refractivity contribution in [2.45, 2.75) is 51.9 Å². The van der Waals surface area contributed by atoms with E-state index < -0.39 is 10.0 Å². The van der Waals surface area contributed by atoms with Gasteiger partial charge in [0, 0.05) is 30.5 Å². The minimum absolute atomic E-state index is 0.163. The van der Waals surface area contributed by atoms with Gasteiger partial charge in [-0.15, -0.1) is 0 Å². The molecular weight excluding hydrogens is 418 g/mol. The molecular formula is C22H27N3O3S2. The number of rotatable bonds is 5. The first-order valence-electron chi connectivity index (χ1n) is 10.2. The van der Waals surface area contributed by atoms with E-state index in [0.717, 1.165) is 40.7 Å². The molecule has 8 heteroatoms. The van der Waals surface area contributed by atoms with Crippen LogP contribution in [0.2, 0.25) is 0 Å². The molecule has 3 heterocycles. The molecule has 4 rings (SSSR count). The summed E-state index contributed by atoms with van der Waals surface area (Å²) < 4.78 is 34.2. The van der Waals surface area contributed by atoms with E-state index in [2.05, 4.69) is 16.2 Å². The highest BCUT2D eigenvalue weighted by molar-refractivity contribution is 7.89. The Labute approximate surface area is 182 Å². The van der Waals surface area contributed by atoms with Gasteiger partial charge < -0.3 is 4.52 Å². The molecule has 160 valence electrons. The Bertz CT molecular complexity index is 1120. The lowest BCUT2D eigenvalue weighted by atomic mass is 9.96. The maximum Gasteiger partial charge on any atom is 0.243 e. The largest absolute Gasteiger partial charge is 0.339 e. The lowest BCUT2D eigenvalue weighted by molar-refractivity contribution is 0.247. The first-order valence-corrected chi connectivity index (χ1v) is 12.6. The summed E-state index contributed by atoms with van der Waals surface area (Å²) in [7, 11) is -3.56. The van der Waals surface area contributed by atoms with Gasteiger partial charge in [0.15, 0.2) is 0 Å². The fraction of sp³-hybridized carbons (Fsp3) is 0.455. The minimum Gasteiger partial charge on any atom is -0.339 e. The van der Waals surface area contributed by atoms with E-state index in [0.29, 0.717) is 36.1 Å². The van der Waals surface area contributed by atoms with Gasteiger partial charge in [0.05, 0.1) is 4.90 Å². The van der Waals surface area contributed by atoms with Gasteiger partial charge in [0.1, 0.15) is 0 Å². The third-order valence-corrected chi connectivity index (χ3v) is 8.91. The molecule has 30 heavy (non-hydrogen) atoms. The van der Waals surface area contributed by atoms with Crippen molar-refractivity contribution in [2.75, 3.05) is 13.1 Å². The number of hydrogen-bond acceptors (Lipinski definition) is 6. The molecule has 0 amide bonds. The van der Waals surface area contributed by atoms with E-state index in [1.54, 1.807) is 15.6 Å². The summed E-state index contributed by atoms with van der Waals surface area (Å²) in [5.74, 6) is 1.32. The van der Waals surface area contributed by atoms with Crippen LogP contribution >= 0.6 is 11.3 Å². The van der Waals surface area contributed by atoms with Crippen LogP contribution in [0.1, 0.15) is 41.0 Å². The number of thiophene rings is 1. The first kappa shape index (κ1) is 21.2. The Morgan fingerprint density at radius 3 is 2.60 bits per heavy atom. The summed E-state index contributed by atoms with van der Waals surface area (Å²) >= 11 is 1.59. The molecule has 1 aliphatic heterocycles. The molecule has 1 aliphatic rings. The summed E-state index contributed by atoms with van der Waals surface area (Å²) in [6.45, 7) is 8.78. The summed E-state index contributed by atoms with van der Waals surface area (Å²) in [5, 5.41) is 8.03. The normalized spacial score (nSPS) is 18.1. The lowest BCUT2D eigenvalue weighted by Gasteiger charge is -2.32. The molecule has 0 N–H and O–H groups in total. The summed E-state index contributed by atoms with van der Waals surface area (Å²) in [5.41, 5.74) is 4.66. The highest BCUT2D eigenvalue weighted by Gasteiger charge is 2.33. The summed E-state index contributed by atoms with van der Waals surface area (Å²) in [4.78, 5) is 4.98. The second kappa shape index (κ2) is 8.24. The molecule has 1 fully saturated rings. The number of aromatic nitrogens is 2. The zero-order valence-corrected chi connectivity index (χ0v) is 19.4. The van der Waals surface area contributed by atoms with E-state index in [-0.39, 0.29) is 5.92 Å². The standard InChI is InChI=1S/C22H27N3O3S2/c1-14-10-15(2)17(4)21(16(14)3)30(26,27)25-8-5-6-18(12-25)11-20-23-22(24-28-20)19-7-9-29-13-19/h7,9-10,13,18H,5-6,8,11-12H2,1-4H3. The molecule has 6 nitrogen and oxygen atoms in total. The van der Waals surface area contributed by atoms with Crippen molar-refractivity contribution in [3.63, 3.8) is 0 Å². The van der Waals surface area contributed by atoms with Crippen molar-refractivity contribution in [3.05, 3.63) is 51.0 Å². The predicted octanol–water partition coefficient (Wildman–Crippen LogP) is 4.68. The third-order valence-electron chi connectivity index (χ3n) is 6.09. The highest BCUT2D eigenvalue weighted by atomic mass is 32.2. The van der Waals surface area contributed by atoms with E-state index >= 15 is 0 Å². The van der Waals surface area contributed by atoms with Gasteiger partial charge in [-0.3, -0.25) is 0 Å². The summed E-state index contributed by atoms with van der Waals surface area (Å²) in [6.07, 6.45) is 2.37. The van der Waals surface area contributed by atoms with E-state index in [1.807, 2.05) is 44.5 Å². The average Bonchev–Trinajstić information content (AvgIpc) is 3.38. The maximum absolute atomic E-state index is 13.6. The van der Waals surface area contributed by atoms with Crippen LogP contribution in [0, 0.1) is 33.6 Å². The van der Waals surface area contributed by atoms with Crippen LogP contribution in [0.3, 0.4) is 0 Å². The minimum atomic E-state index is -3.56. The fourth-order valence-corrected chi connectivity index (χ4v) is 6.97. The Hall–Kier alpha value is -2.03. The second-order valence-electron chi connectivity index (χ2n) is 8.19. The summed E-state index contributed by atoms with van der Waals surface area (Å²) in [6, 6.07) is 4.02. The molecule has 1 saturated heterocycles. The van der Waals surface area contributed by atoms with Gasteiger partial charge in [0.2, 0.25) is 21.7 Å². The zero-order valence-electron chi connectivity index (χ0n) is 17.8. The molecule has 0 saturated carbocycles. The molecule has 2 aromatic heterocycles. The number of aryl methyl sites for hydroxylation is 2. The van der Waals surface area contributed by atoms with E-state index in [9.17, 15) is 8.42 Å². The molecule has 1 aromatic carbocycles. The Balaban J connectivity index is 1.54. The molecule has 0 aliphatic carbocycles. The fourth-order valence-electron chi connectivity index (χ4n) is 4.20. The predicted molar refractivity (Wildman–Crippen MR) is 118 cm³/mol. The number of hydrogen-bond donors (Lipinski definition) is 0. The van der Waals surface area contributed by atoms with Gasteiger partial charge in [-0.1, -0.05) is 11.2 Å². The van der Waals surface area contributed by atoms with Crippen molar-refractivity contribution < 1.29 is 12.9 Å². The van der Waals surface area contributed by atoms with Crippen molar-refractivity contribution in [3.8, 4) is 11.4 Å². The van der Waals surface area contributed by atoms with Gasteiger partial charge in [0.25, 0.3) is 0 Å². The molecule has 0 radical (unpaired) electrons. The first-order chi connectivity index (χ1) is 14.3. The van der Waals surface area contributed by atoms with Crippen molar-refractivity contribution in [2.24, 2.45) is 5.92 Å². The molecule has 3 aromatic rings. The van der Waals surface area contributed by atoms with Crippen LogP contribution in [0.4, 0.5) is 0 Å². The topological polar surface area (TPSA) is 76.3 Å². The van der Waals surface area contributed by atoms with Crippen molar-refractivity contribution in [1.82, 2.24) is 14.4 Å². The molecule has 1 atom stereocenters. The van der Waals surface area contributed by atoms with E-state index in [4.69, 9.17) is 4.52 Å². The van der Waals surface area contributed by atoms with Gasteiger partial charge >= 0.3 is 0 Å². The number of nitrogens with zero attached hydrogens (tertiary/aromatic N) is 3. The maximum atomic E-state index is 13.6. The van der Waals surface area contributed by atoms with Crippen LogP contribution in [0.25, 0.3) is 11.4 Å². The van der Waals surface area contributed by atoms with Crippen molar-refractivity contribution >= 4 is 21.4 Å². The number of piperidine rings is 1. The highest BCUT2D eigenvalue weighted by Crippen LogP contribution is 2.32. The Morgan fingerprint density at radius 2 is 1.93 bits per heavy atom. The van der Waals surface area contributed by atoms with Gasteiger partial charge in [-0.25, -0.2) is 8.42 Å². The Kier molecular flexibility index (Phi) is 5.83. The monoisotopic (exact) mass is 445 g/mol. The van der Waals surface area contributed by atoms with Crippen LogP contribution in [0.15, 0.2) is 32.3 Å².